The molecule has 1 unspecified atom stereocenters. The molecule has 0 aromatic carbocycles. The third-order valence-electron chi connectivity index (χ3n) is 1.69. The molecule has 0 aromatic rings. The second-order valence-corrected chi connectivity index (χ2v) is 3.19. The second-order valence-electron chi connectivity index (χ2n) is 3.19. The van der Waals surface area contributed by atoms with Crippen LogP contribution in [0, 0.1) is 5.92 Å². The van der Waals surface area contributed by atoms with Crippen molar-refractivity contribution >= 4 is 0 Å². The maximum Gasteiger partial charge on any atom is 0.0187 e. The summed E-state index contributed by atoms with van der Waals surface area (Å²) in [5.41, 5.74) is 1.51. The van der Waals surface area contributed by atoms with E-state index in [-0.39, 0.29) is 0 Å². The third kappa shape index (κ3) is 1.83. The topological polar surface area (TPSA) is 3.24 Å². The van der Waals surface area contributed by atoms with E-state index in [1.807, 2.05) is 0 Å². The Balaban J connectivity index is 2.56. The summed E-state index contributed by atoms with van der Waals surface area (Å²) in [5, 5.41) is 0. The van der Waals surface area contributed by atoms with E-state index in [1.54, 1.807) is 0 Å². The van der Waals surface area contributed by atoms with Crippen LogP contribution in [0.25, 0.3) is 0 Å². The van der Waals surface area contributed by atoms with Gasteiger partial charge in [-0.1, -0.05) is 18.6 Å². The van der Waals surface area contributed by atoms with Crippen molar-refractivity contribution in [3.63, 3.8) is 0 Å². The molecule has 0 N–H and O–H groups in total. The lowest BCUT2D eigenvalue weighted by Crippen LogP contribution is -2.29. The molecule has 0 spiro atoms. The number of likely N-dealkylation sites (N-methyl/N-ethyl adjacent to an activating group) is 1. The largest absolute Gasteiger partial charge is 0.302 e. The van der Waals surface area contributed by atoms with Crippen molar-refractivity contribution in [1.82, 2.24) is 4.90 Å². The number of rotatable bonds is 0. The maximum atomic E-state index is 2.36. The van der Waals surface area contributed by atoms with Gasteiger partial charge in [0.15, 0.2) is 0 Å². The molecule has 1 rings (SSSR count). The van der Waals surface area contributed by atoms with E-state index in [9.17, 15) is 0 Å². The third-order valence-corrected chi connectivity index (χ3v) is 1.69. The minimum atomic E-state index is 0.753. The molecule has 0 radical (unpaired) electrons. The van der Waals surface area contributed by atoms with Gasteiger partial charge in [-0.05, 0) is 19.9 Å². The van der Waals surface area contributed by atoms with Crippen molar-refractivity contribution in [2.45, 2.75) is 13.8 Å². The molecule has 0 amide bonds. The van der Waals surface area contributed by atoms with Crippen LogP contribution in [-0.2, 0) is 0 Å². The zero-order chi connectivity index (χ0) is 6.85. The Morgan fingerprint density at radius 1 is 1.67 bits per heavy atom. The maximum absolute atomic E-state index is 2.36. The van der Waals surface area contributed by atoms with Crippen molar-refractivity contribution in [3.05, 3.63) is 11.6 Å². The lowest BCUT2D eigenvalue weighted by Gasteiger charge is -2.25. The van der Waals surface area contributed by atoms with E-state index in [0.29, 0.717) is 0 Å². The van der Waals surface area contributed by atoms with Gasteiger partial charge in [-0.25, -0.2) is 0 Å². The average Bonchev–Trinajstić information content (AvgIpc) is 1.59. The van der Waals surface area contributed by atoms with Crippen LogP contribution in [-0.4, -0.2) is 25.0 Å². The van der Waals surface area contributed by atoms with Crippen LogP contribution in [0.3, 0.4) is 0 Å². The van der Waals surface area contributed by atoms with Crippen molar-refractivity contribution in [3.8, 4) is 0 Å². The van der Waals surface area contributed by atoms with Gasteiger partial charge >= 0.3 is 0 Å². The molecular formula is C8H15N. The highest BCUT2D eigenvalue weighted by Crippen LogP contribution is 2.11. The molecule has 0 saturated heterocycles. The molecule has 52 valence electrons. The molecule has 0 fully saturated rings. The van der Waals surface area contributed by atoms with Crippen LogP contribution in [0.2, 0.25) is 0 Å². The fourth-order valence-electron chi connectivity index (χ4n) is 1.57. The van der Waals surface area contributed by atoms with E-state index in [0.717, 1.165) is 12.5 Å². The Hall–Kier alpha value is -0.300. The standard InChI is InChI=1S/C8H15N/c1-7-4-8(2)6-9(3)5-7/h4,7H,5-6H2,1-3H3. The van der Waals surface area contributed by atoms with E-state index in [1.165, 1.54) is 12.1 Å². The fraction of sp³-hybridized carbons (Fsp3) is 0.750. The molecule has 0 saturated carbocycles. The van der Waals surface area contributed by atoms with Gasteiger partial charge < -0.3 is 4.90 Å². The zero-order valence-corrected chi connectivity index (χ0v) is 6.52. The summed E-state index contributed by atoms with van der Waals surface area (Å²) in [7, 11) is 2.17. The first-order valence-electron chi connectivity index (χ1n) is 3.54. The van der Waals surface area contributed by atoms with Crippen molar-refractivity contribution in [2.24, 2.45) is 5.92 Å². The smallest absolute Gasteiger partial charge is 0.0187 e. The van der Waals surface area contributed by atoms with Crippen LogP contribution in [0.4, 0.5) is 0 Å². The molecule has 1 heterocycles. The molecule has 1 aliphatic heterocycles. The first-order chi connectivity index (χ1) is 4.18. The molecule has 1 atom stereocenters. The van der Waals surface area contributed by atoms with Crippen molar-refractivity contribution < 1.29 is 0 Å². The monoisotopic (exact) mass is 125 g/mol. The van der Waals surface area contributed by atoms with Crippen molar-refractivity contribution in [1.29, 1.82) is 0 Å². The average molecular weight is 125 g/mol. The second kappa shape index (κ2) is 2.53. The summed E-state index contributed by atoms with van der Waals surface area (Å²) in [5.74, 6) is 0.753. The molecule has 1 heteroatoms. The van der Waals surface area contributed by atoms with Crippen molar-refractivity contribution in [2.75, 3.05) is 20.1 Å². The van der Waals surface area contributed by atoms with Gasteiger partial charge in [0.2, 0.25) is 0 Å². The van der Waals surface area contributed by atoms with Gasteiger partial charge in [-0.15, -0.1) is 0 Å². The summed E-state index contributed by atoms with van der Waals surface area (Å²) in [6.07, 6.45) is 2.36. The predicted molar refractivity (Wildman–Crippen MR) is 40.4 cm³/mol. The Morgan fingerprint density at radius 2 is 2.33 bits per heavy atom. The Morgan fingerprint density at radius 3 is 2.78 bits per heavy atom. The summed E-state index contributed by atoms with van der Waals surface area (Å²) < 4.78 is 0. The van der Waals surface area contributed by atoms with Gasteiger partial charge in [0.05, 0.1) is 0 Å². The molecular weight excluding hydrogens is 110 g/mol. The molecule has 9 heavy (non-hydrogen) atoms. The van der Waals surface area contributed by atoms with E-state index in [4.69, 9.17) is 0 Å². The van der Waals surface area contributed by atoms with Gasteiger partial charge in [-0.3, -0.25) is 0 Å². The van der Waals surface area contributed by atoms with Crippen LogP contribution < -0.4 is 0 Å². The van der Waals surface area contributed by atoms with Gasteiger partial charge in [0.25, 0.3) is 0 Å². The number of hydrogen-bond donors (Lipinski definition) is 0. The summed E-state index contributed by atoms with van der Waals surface area (Å²) in [4.78, 5) is 2.36. The van der Waals surface area contributed by atoms with E-state index < -0.39 is 0 Å². The van der Waals surface area contributed by atoms with Crippen LogP contribution in [0.5, 0.6) is 0 Å². The SMILES string of the molecule is CC1=CC(C)CN(C)C1. The highest BCUT2D eigenvalue weighted by molar-refractivity contribution is 5.06. The normalized spacial score (nSPS) is 30.1. The van der Waals surface area contributed by atoms with Crippen LogP contribution >= 0.6 is 0 Å². The first kappa shape index (κ1) is 6.81. The van der Waals surface area contributed by atoms with Gasteiger partial charge in [-0.2, -0.15) is 0 Å². The van der Waals surface area contributed by atoms with Crippen LogP contribution in [0.1, 0.15) is 13.8 Å². The minimum Gasteiger partial charge on any atom is -0.302 e. The molecule has 0 bridgehead atoms. The zero-order valence-electron chi connectivity index (χ0n) is 6.52. The molecule has 0 aliphatic carbocycles. The molecule has 0 aromatic heterocycles. The highest BCUT2D eigenvalue weighted by atomic mass is 15.1. The van der Waals surface area contributed by atoms with Gasteiger partial charge in [0.1, 0.15) is 0 Å². The minimum absolute atomic E-state index is 0.753. The summed E-state index contributed by atoms with van der Waals surface area (Å²) in [6, 6.07) is 0. The lowest BCUT2D eigenvalue weighted by atomic mass is 10.0. The van der Waals surface area contributed by atoms with Crippen LogP contribution in [0.15, 0.2) is 11.6 Å². The highest BCUT2D eigenvalue weighted by Gasteiger charge is 2.09. The quantitative estimate of drug-likeness (QED) is 0.444. The van der Waals surface area contributed by atoms with E-state index in [2.05, 4.69) is 31.9 Å². The van der Waals surface area contributed by atoms with Gasteiger partial charge in [0, 0.05) is 13.1 Å². The predicted octanol–water partition coefficient (Wildman–Crippen LogP) is 1.51. The molecule has 1 nitrogen and oxygen atoms in total. The lowest BCUT2D eigenvalue weighted by molar-refractivity contribution is 0.313. The summed E-state index contributed by atoms with van der Waals surface area (Å²) >= 11 is 0. The Bertz CT molecular complexity index is 127. The fourth-order valence-corrected chi connectivity index (χ4v) is 1.57. The van der Waals surface area contributed by atoms with E-state index >= 15 is 0 Å². The summed E-state index contributed by atoms with van der Waals surface area (Å²) in [6.45, 7) is 6.84. The number of nitrogens with zero attached hydrogens (tertiary/aromatic N) is 1. The molecule has 1 aliphatic rings. The Kier molecular flexibility index (Phi) is 1.91. The number of hydrogen-bond acceptors (Lipinski definition) is 1. The Labute approximate surface area is 57.4 Å². The first-order valence-corrected chi connectivity index (χ1v) is 3.54.